The van der Waals surface area contributed by atoms with Gasteiger partial charge in [-0.05, 0) is 57.1 Å². The van der Waals surface area contributed by atoms with Gasteiger partial charge in [-0.25, -0.2) is 0 Å². The van der Waals surface area contributed by atoms with E-state index in [-0.39, 0.29) is 11.8 Å². The Morgan fingerprint density at radius 2 is 2.15 bits per heavy atom. The van der Waals surface area contributed by atoms with Crippen LogP contribution in [0.1, 0.15) is 43.4 Å². The summed E-state index contributed by atoms with van der Waals surface area (Å²) in [4.78, 5) is 16.8. The summed E-state index contributed by atoms with van der Waals surface area (Å²) in [5.41, 5.74) is 4.64. The lowest BCUT2D eigenvalue weighted by molar-refractivity contribution is -0.125. The van der Waals surface area contributed by atoms with Gasteiger partial charge in [-0.2, -0.15) is 5.10 Å². The van der Waals surface area contributed by atoms with Gasteiger partial charge in [0.2, 0.25) is 5.91 Å². The first-order chi connectivity index (χ1) is 12.8. The first kappa shape index (κ1) is 17.0. The highest BCUT2D eigenvalue weighted by Crippen LogP contribution is 2.30. The highest BCUT2D eigenvalue weighted by molar-refractivity contribution is 5.78. The number of hydrogen-bond acceptors (Lipinski definition) is 3. The minimum atomic E-state index is 0.135. The first-order valence-electron chi connectivity index (χ1n) is 9.75. The monoisotopic (exact) mass is 350 g/mol. The van der Waals surface area contributed by atoms with Gasteiger partial charge in [-0.3, -0.25) is 14.5 Å². The Kier molecular flexibility index (Phi) is 5.14. The summed E-state index contributed by atoms with van der Waals surface area (Å²) in [5.74, 6) is 0.316. The molecule has 0 aromatic carbocycles. The standard InChI is InChI=1S/C21H26N4O/c26-21(16-8-2-1-3-9-16)23-14-15-25-19-12-5-4-10-17(19)20(24-25)18-11-6-7-13-22-18/h1-2,6-7,11,13,16H,3-5,8-10,12,14-15H2,(H,23,26). The molecule has 4 rings (SSSR count). The molecule has 0 fully saturated rings. The Bertz CT molecular complexity index is 794. The number of carbonyl (C=O) groups excluding carboxylic acids is 1. The van der Waals surface area contributed by atoms with Crippen LogP contribution in [0.15, 0.2) is 36.5 Å². The number of fused-ring (bicyclic) bond motifs is 1. The Labute approximate surface area is 154 Å². The third kappa shape index (κ3) is 3.57. The first-order valence-corrected chi connectivity index (χ1v) is 9.75. The van der Waals surface area contributed by atoms with Crippen LogP contribution in [0.4, 0.5) is 0 Å². The van der Waals surface area contributed by atoms with E-state index in [4.69, 9.17) is 5.10 Å². The van der Waals surface area contributed by atoms with Crippen molar-refractivity contribution in [3.8, 4) is 11.4 Å². The fraction of sp³-hybridized carbons (Fsp3) is 0.476. The summed E-state index contributed by atoms with van der Waals surface area (Å²) >= 11 is 0. The molecule has 1 atom stereocenters. The Balaban J connectivity index is 1.46. The molecule has 0 saturated carbocycles. The maximum atomic E-state index is 12.3. The number of nitrogens with one attached hydrogen (secondary N) is 1. The van der Waals surface area contributed by atoms with E-state index in [0.717, 1.165) is 50.0 Å². The highest BCUT2D eigenvalue weighted by Gasteiger charge is 2.23. The quantitative estimate of drug-likeness (QED) is 0.842. The van der Waals surface area contributed by atoms with Gasteiger partial charge in [0.05, 0.1) is 12.2 Å². The molecule has 0 saturated heterocycles. The van der Waals surface area contributed by atoms with Gasteiger partial charge in [0.1, 0.15) is 5.69 Å². The number of nitrogens with zero attached hydrogens (tertiary/aromatic N) is 3. The van der Waals surface area contributed by atoms with Gasteiger partial charge < -0.3 is 5.32 Å². The van der Waals surface area contributed by atoms with Crippen LogP contribution in [0.2, 0.25) is 0 Å². The molecule has 5 heteroatoms. The van der Waals surface area contributed by atoms with Crippen LogP contribution in [-0.4, -0.2) is 27.2 Å². The molecule has 1 unspecified atom stereocenters. The molecule has 1 N–H and O–H groups in total. The number of hydrogen-bond donors (Lipinski definition) is 1. The van der Waals surface area contributed by atoms with Gasteiger partial charge in [0.15, 0.2) is 0 Å². The van der Waals surface area contributed by atoms with Crippen molar-refractivity contribution in [2.75, 3.05) is 6.54 Å². The zero-order valence-electron chi connectivity index (χ0n) is 15.2. The molecule has 0 aliphatic heterocycles. The number of rotatable bonds is 5. The van der Waals surface area contributed by atoms with Gasteiger partial charge in [-0.1, -0.05) is 18.2 Å². The van der Waals surface area contributed by atoms with Crippen molar-refractivity contribution < 1.29 is 4.79 Å². The maximum Gasteiger partial charge on any atom is 0.223 e. The molecule has 2 aliphatic carbocycles. The number of pyridine rings is 1. The zero-order valence-corrected chi connectivity index (χ0v) is 15.2. The van der Waals surface area contributed by atoms with E-state index < -0.39 is 0 Å². The van der Waals surface area contributed by atoms with E-state index in [1.807, 2.05) is 24.4 Å². The summed E-state index contributed by atoms with van der Waals surface area (Å²) in [6.07, 6.45) is 13.5. The normalized spacial score (nSPS) is 19.2. The smallest absolute Gasteiger partial charge is 0.223 e. The minimum Gasteiger partial charge on any atom is -0.354 e. The van der Waals surface area contributed by atoms with Crippen molar-refractivity contribution in [1.82, 2.24) is 20.1 Å². The number of allylic oxidation sites excluding steroid dienone is 2. The van der Waals surface area contributed by atoms with Crippen LogP contribution in [0.25, 0.3) is 11.4 Å². The number of carbonyl (C=O) groups is 1. The second-order valence-corrected chi connectivity index (χ2v) is 7.19. The average molecular weight is 350 g/mol. The topological polar surface area (TPSA) is 59.8 Å². The van der Waals surface area contributed by atoms with E-state index >= 15 is 0 Å². The molecule has 26 heavy (non-hydrogen) atoms. The van der Waals surface area contributed by atoms with E-state index in [1.54, 1.807) is 0 Å². The lowest BCUT2D eigenvalue weighted by Crippen LogP contribution is -2.33. The van der Waals surface area contributed by atoms with Crippen LogP contribution >= 0.6 is 0 Å². The van der Waals surface area contributed by atoms with Crippen molar-refractivity contribution >= 4 is 5.91 Å². The predicted molar refractivity (Wildman–Crippen MR) is 102 cm³/mol. The van der Waals surface area contributed by atoms with Crippen LogP contribution in [-0.2, 0) is 24.2 Å². The van der Waals surface area contributed by atoms with Gasteiger partial charge in [0.25, 0.3) is 0 Å². The van der Waals surface area contributed by atoms with E-state index in [2.05, 4.69) is 27.1 Å². The third-order valence-electron chi connectivity index (χ3n) is 5.43. The number of aromatic nitrogens is 3. The molecule has 2 aromatic heterocycles. The summed E-state index contributed by atoms with van der Waals surface area (Å²) in [6.45, 7) is 1.36. The van der Waals surface area contributed by atoms with Gasteiger partial charge in [0, 0.05) is 29.9 Å². The largest absolute Gasteiger partial charge is 0.354 e. The zero-order chi connectivity index (χ0) is 17.8. The van der Waals surface area contributed by atoms with Crippen molar-refractivity contribution in [3.63, 3.8) is 0 Å². The molecular formula is C21H26N4O. The maximum absolute atomic E-state index is 12.3. The van der Waals surface area contributed by atoms with E-state index in [1.165, 1.54) is 24.1 Å². The lowest BCUT2D eigenvalue weighted by Gasteiger charge is -2.18. The Morgan fingerprint density at radius 3 is 2.96 bits per heavy atom. The molecule has 1 amide bonds. The second-order valence-electron chi connectivity index (χ2n) is 7.19. The second kappa shape index (κ2) is 7.85. The van der Waals surface area contributed by atoms with Crippen LogP contribution < -0.4 is 5.32 Å². The van der Waals surface area contributed by atoms with Crippen LogP contribution in [0, 0.1) is 5.92 Å². The van der Waals surface area contributed by atoms with E-state index in [9.17, 15) is 4.79 Å². The third-order valence-corrected chi connectivity index (χ3v) is 5.43. The lowest BCUT2D eigenvalue weighted by atomic mass is 9.94. The molecule has 0 radical (unpaired) electrons. The van der Waals surface area contributed by atoms with Gasteiger partial charge in [-0.15, -0.1) is 0 Å². The Morgan fingerprint density at radius 1 is 1.23 bits per heavy atom. The molecule has 0 spiro atoms. The SMILES string of the molecule is O=C(NCCn1nc(-c2ccccn2)c2c1CCCC2)C1CC=CCC1. The average Bonchev–Trinajstić information content (AvgIpc) is 3.08. The minimum absolute atomic E-state index is 0.135. The van der Waals surface area contributed by atoms with Crippen molar-refractivity contribution in [2.24, 2.45) is 5.92 Å². The summed E-state index contributed by atoms with van der Waals surface area (Å²) in [5, 5.41) is 7.97. The number of amides is 1. The van der Waals surface area contributed by atoms with Gasteiger partial charge >= 0.3 is 0 Å². The fourth-order valence-corrected chi connectivity index (χ4v) is 4.03. The molecular weight excluding hydrogens is 324 g/mol. The Hall–Kier alpha value is -2.43. The molecule has 5 nitrogen and oxygen atoms in total. The summed E-state index contributed by atoms with van der Waals surface area (Å²) < 4.78 is 2.10. The van der Waals surface area contributed by atoms with E-state index in [0.29, 0.717) is 6.54 Å². The van der Waals surface area contributed by atoms with Crippen LogP contribution in [0.3, 0.4) is 0 Å². The van der Waals surface area contributed by atoms with Crippen molar-refractivity contribution in [2.45, 2.75) is 51.5 Å². The molecule has 2 aromatic rings. The van der Waals surface area contributed by atoms with Crippen LogP contribution in [0.5, 0.6) is 0 Å². The summed E-state index contributed by atoms with van der Waals surface area (Å²) in [6, 6.07) is 5.97. The molecule has 0 bridgehead atoms. The molecule has 2 aliphatic rings. The molecule has 2 heterocycles. The fourth-order valence-electron chi connectivity index (χ4n) is 4.03. The van der Waals surface area contributed by atoms with Crippen molar-refractivity contribution in [3.05, 3.63) is 47.8 Å². The van der Waals surface area contributed by atoms with Crippen molar-refractivity contribution in [1.29, 1.82) is 0 Å². The predicted octanol–water partition coefficient (Wildman–Crippen LogP) is 3.30. The highest BCUT2D eigenvalue weighted by atomic mass is 16.1. The summed E-state index contributed by atoms with van der Waals surface area (Å²) in [7, 11) is 0. The molecule has 136 valence electrons.